The second kappa shape index (κ2) is 8.73. The Morgan fingerprint density at radius 2 is 1.70 bits per heavy atom. The fraction of sp³-hybridized carbons (Fsp3) is 0.600. The van der Waals surface area contributed by atoms with Gasteiger partial charge < -0.3 is 9.64 Å². The van der Waals surface area contributed by atoms with Gasteiger partial charge in [0.25, 0.3) is 0 Å². The number of halogens is 2. The van der Waals surface area contributed by atoms with E-state index >= 15 is 0 Å². The summed E-state index contributed by atoms with van der Waals surface area (Å²) in [4.78, 5) is 4.71. The molecule has 0 unspecified atom stereocenters. The van der Waals surface area contributed by atoms with E-state index in [1.807, 2.05) is 0 Å². The van der Waals surface area contributed by atoms with Crippen LogP contribution >= 0.6 is 23.2 Å². The van der Waals surface area contributed by atoms with Crippen LogP contribution < -0.4 is 4.90 Å². The van der Waals surface area contributed by atoms with Gasteiger partial charge in [0.2, 0.25) is 0 Å². The van der Waals surface area contributed by atoms with Gasteiger partial charge in [-0.2, -0.15) is 0 Å². The molecule has 0 spiro atoms. The standard InChI is InChI=1S/C15H22Cl2N2O/c16-5-7-19(8-6-17)15-4-2-1-3-14(15)13-18-9-11-20-12-10-18/h1-4H,5-13H2. The molecular weight excluding hydrogens is 295 g/mol. The molecular formula is C15H22Cl2N2O. The van der Waals surface area contributed by atoms with Gasteiger partial charge in [0.05, 0.1) is 13.2 Å². The Morgan fingerprint density at radius 1 is 1.05 bits per heavy atom. The molecule has 0 amide bonds. The van der Waals surface area contributed by atoms with Gasteiger partial charge in [0.1, 0.15) is 0 Å². The number of hydrogen-bond acceptors (Lipinski definition) is 3. The molecule has 1 aromatic rings. The Hall–Kier alpha value is -0.480. The van der Waals surface area contributed by atoms with Gasteiger partial charge in [0, 0.05) is 50.2 Å². The van der Waals surface area contributed by atoms with Crippen LogP contribution in [0.25, 0.3) is 0 Å². The van der Waals surface area contributed by atoms with Crippen molar-refractivity contribution in [3.63, 3.8) is 0 Å². The van der Waals surface area contributed by atoms with Crippen molar-refractivity contribution in [3.8, 4) is 0 Å². The molecule has 1 fully saturated rings. The number of hydrogen-bond donors (Lipinski definition) is 0. The van der Waals surface area contributed by atoms with Crippen LogP contribution in [0.5, 0.6) is 0 Å². The Labute approximate surface area is 131 Å². The first-order valence-corrected chi connectivity index (χ1v) is 8.17. The predicted molar refractivity (Wildman–Crippen MR) is 86.2 cm³/mol. The monoisotopic (exact) mass is 316 g/mol. The smallest absolute Gasteiger partial charge is 0.0594 e. The molecule has 0 N–H and O–H groups in total. The first-order chi connectivity index (χ1) is 9.85. The predicted octanol–water partition coefficient (Wildman–Crippen LogP) is 2.80. The molecule has 5 heteroatoms. The van der Waals surface area contributed by atoms with Gasteiger partial charge in [-0.3, -0.25) is 4.90 Å². The van der Waals surface area contributed by atoms with Gasteiger partial charge >= 0.3 is 0 Å². The van der Waals surface area contributed by atoms with Gasteiger partial charge in [-0.15, -0.1) is 23.2 Å². The topological polar surface area (TPSA) is 15.7 Å². The van der Waals surface area contributed by atoms with Crippen molar-refractivity contribution in [1.82, 2.24) is 4.90 Å². The molecule has 0 bridgehead atoms. The molecule has 3 nitrogen and oxygen atoms in total. The average molecular weight is 317 g/mol. The number of morpholine rings is 1. The molecule has 0 atom stereocenters. The van der Waals surface area contributed by atoms with Crippen LogP contribution in [0.4, 0.5) is 5.69 Å². The number of rotatable bonds is 7. The maximum Gasteiger partial charge on any atom is 0.0594 e. The lowest BCUT2D eigenvalue weighted by Gasteiger charge is -2.30. The first-order valence-electron chi connectivity index (χ1n) is 7.10. The quantitative estimate of drug-likeness (QED) is 0.719. The van der Waals surface area contributed by atoms with Gasteiger partial charge in [-0.25, -0.2) is 0 Å². The van der Waals surface area contributed by atoms with E-state index in [-0.39, 0.29) is 0 Å². The molecule has 1 aromatic carbocycles. The van der Waals surface area contributed by atoms with E-state index in [4.69, 9.17) is 27.9 Å². The van der Waals surface area contributed by atoms with Crippen LogP contribution in [0.3, 0.4) is 0 Å². The van der Waals surface area contributed by atoms with Crippen LogP contribution in [0.2, 0.25) is 0 Å². The summed E-state index contributed by atoms with van der Waals surface area (Å²) in [5.41, 5.74) is 2.59. The lowest BCUT2D eigenvalue weighted by Crippen LogP contribution is -2.36. The molecule has 0 saturated carbocycles. The molecule has 0 radical (unpaired) electrons. The minimum atomic E-state index is 0.614. The van der Waals surface area contributed by atoms with Crippen LogP contribution in [-0.2, 0) is 11.3 Å². The van der Waals surface area contributed by atoms with Crippen molar-refractivity contribution in [2.24, 2.45) is 0 Å². The average Bonchev–Trinajstić information content (AvgIpc) is 2.49. The number of nitrogens with zero attached hydrogens (tertiary/aromatic N) is 2. The first kappa shape index (κ1) is 15.9. The number of para-hydroxylation sites is 1. The van der Waals surface area contributed by atoms with E-state index in [0.29, 0.717) is 11.8 Å². The number of ether oxygens (including phenoxy) is 1. The third kappa shape index (κ3) is 4.52. The zero-order valence-corrected chi connectivity index (χ0v) is 13.2. The highest BCUT2D eigenvalue weighted by Crippen LogP contribution is 2.22. The van der Waals surface area contributed by atoms with Crippen molar-refractivity contribution in [1.29, 1.82) is 0 Å². The summed E-state index contributed by atoms with van der Waals surface area (Å²) in [6.45, 7) is 6.27. The number of anilines is 1. The summed E-state index contributed by atoms with van der Waals surface area (Å²) in [5, 5.41) is 0. The van der Waals surface area contributed by atoms with E-state index in [1.165, 1.54) is 11.3 Å². The fourth-order valence-corrected chi connectivity index (χ4v) is 2.92. The zero-order valence-electron chi connectivity index (χ0n) is 11.7. The van der Waals surface area contributed by atoms with Crippen molar-refractivity contribution >= 4 is 28.9 Å². The second-order valence-electron chi connectivity index (χ2n) is 4.88. The molecule has 2 rings (SSSR count). The Morgan fingerprint density at radius 3 is 2.35 bits per heavy atom. The van der Waals surface area contributed by atoms with Crippen molar-refractivity contribution in [2.45, 2.75) is 6.54 Å². The SMILES string of the molecule is ClCCN(CCCl)c1ccccc1CN1CCOCC1. The minimum Gasteiger partial charge on any atom is -0.379 e. The molecule has 1 aliphatic rings. The molecule has 1 heterocycles. The van der Waals surface area contributed by atoms with E-state index in [2.05, 4.69) is 34.1 Å². The maximum atomic E-state index is 5.91. The molecule has 1 aliphatic heterocycles. The van der Waals surface area contributed by atoms with Crippen LogP contribution in [-0.4, -0.2) is 56.1 Å². The van der Waals surface area contributed by atoms with Crippen molar-refractivity contribution < 1.29 is 4.74 Å². The van der Waals surface area contributed by atoms with Crippen molar-refractivity contribution in [2.75, 3.05) is 56.1 Å². The lowest BCUT2D eigenvalue weighted by molar-refractivity contribution is 0.0342. The summed E-state index contributed by atoms with van der Waals surface area (Å²) in [6.07, 6.45) is 0. The van der Waals surface area contributed by atoms with Crippen LogP contribution in [0.1, 0.15) is 5.56 Å². The third-order valence-corrected chi connectivity index (χ3v) is 3.88. The molecule has 1 saturated heterocycles. The third-order valence-electron chi connectivity index (χ3n) is 3.54. The van der Waals surface area contributed by atoms with Gasteiger partial charge in [-0.05, 0) is 11.6 Å². The van der Waals surface area contributed by atoms with Crippen molar-refractivity contribution in [3.05, 3.63) is 29.8 Å². The summed E-state index contributed by atoms with van der Waals surface area (Å²) in [6, 6.07) is 8.53. The zero-order chi connectivity index (χ0) is 14.2. The summed E-state index contributed by atoms with van der Waals surface area (Å²) in [5.74, 6) is 1.23. The Kier molecular flexibility index (Phi) is 6.94. The number of benzene rings is 1. The van der Waals surface area contributed by atoms with E-state index in [1.54, 1.807) is 0 Å². The van der Waals surface area contributed by atoms with E-state index in [9.17, 15) is 0 Å². The normalized spacial score (nSPS) is 16.3. The second-order valence-corrected chi connectivity index (χ2v) is 5.64. The molecule has 112 valence electrons. The van der Waals surface area contributed by atoms with Gasteiger partial charge in [0.15, 0.2) is 0 Å². The van der Waals surface area contributed by atoms with E-state index < -0.39 is 0 Å². The fourth-order valence-electron chi connectivity index (χ4n) is 2.51. The highest BCUT2D eigenvalue weighted by molar-refractivity contribution is 6.18. The Bertz CT molecular complexity index is 391. The lowest BCUT2D eigenvalue weighted by atomic mass is 10.1. The highest BCUT2D eigenvalue weighted by Gasteiger charge is 2.15. The van der Waals surface area contributed by atoms with Crippen LogP contribution in [0.15, 0.2) is 24.3 Å². The summed E-state index contributed by atoms with van der Waals surface area (Å²) >= 11 is 11.8. The van der Waals surface area contributed by atoms with E-state index in [0.717, 1.165) is 45.9 Å². The molecule has 0 aliphatic carbocycles. The highest BCUT2D eigenvalue weighted by atomic mass is 35.5. The van der Waals surface area contributed by atoms with Gasteiger partial charge in [-0.1, -0.05) is 18.2 Å². The maximum absolute atomic E-state index is 5.91. The molecule has 20 heavy (non-hydrogen) atoms. The summed E-state index contributed by atoms with van der Waals surface area (Å²) < 4.78 is 5.41. The molecule has 0 aromatic heterocycles. The Balaban J connectivity index is 2.10. The van der Waals surface area contributed by atoms with Crippen LogP contribution in [0, 0.1) is 0 Å². The summed E-state index contributed by atoms with van der Waals surface area (Å²) in [7, 11) is 0. The minimum absolute atomic E-state index is 0.614. The largest absolute Gasteiger partial charge is 0.379 e. The number of alkyl halides is 2.